The van der Waals surface area contributed by atoms with Crippen molar-refractivity contribution in [1.82, 2.24) is 0 Å². The number of halogens is 1. The zero-order valence-corrected chi connectivity index (χ0v) is 10.5. The van der Waals surface area contributed by atoms with Gasteiger partial charge in [-0.2, -0.15) is 0 Å². The minimum absolute atomic E-state index is 0.241. The summed E-state index contributed by atoms with van der Waals surface area (Å²) < 4.78 is 13.6. The second-order valence-electron chi connectivity index (χ2n) is 4.34. The molecule has 0 radical (unpaired) electrons. The number of nitrogens with one attached hydrogen (secondary N) is 1. The van der Waals surface area contributed by atoms with Crippen LogP contribution >= 0.6 is 0 Å². The Bertz CT molecular complexity index is 594. The Morgan fingerprint density at radius 3 is 2.47 bits per heavy atom. The van der Waals surface area contributed by atoms with Gasteiger partial charge in [0.05, 0.1) is 11.3 Å². The lowest BCUT2D eigenvalue weighted by Gasteiger charge is -2.08. The first-order valence-corrected chi connectivity index (χ1v) is 5.88. The van der Waals surface area contributed by atoms with Gasteiger partial charge in [0.15, 0.2) is 0 Å². The first-order chi connectivity index (χ1) is 9.06. The SMILES string of the molecule is Cc1ccc(NCc2ccc(C(=O)O)cc2)c(F)c1. The third-order valence-corrected chi connectivity index (χ3v) is 2.81. The molecule has 0 unspecified atom stereocenters. The minimum Gasteiger partial charge on any atom is -0.478 e. The van der Waals surface area contributed by atoms with Crippen molar-refractivity contribution in [3.8, 4) is 0 Å². The maximum Gasteiger partial charge on any atom is 0.335 e. The third kappa shape index (κ3) is 3.31. The van der Waals surface area contributed by atoms with E-state index in [0.717, 1.165) is 11.1 Å². The van der Waals surface area contributed by atoms with Gasteiger partial charge in [0, 0.05) is 6.54 Å². The standard InChI is InChI=1S/C15H14FNO2/c1-10-2-7-14(13(16)8-10)17-9-11-3-5-12(6-4-11)15(18)19/h2-8,17H,9H2,1H3,(H,18,19). The number of anilines is 1. The lowest BCUT2D eigenvalue weighted by molar-refractivity contribution is 0.0697. The zero-order chi connectivity index (χ0) is 13.8. The van der Waals surface area contributed by atoms with Crippen molar-refractivity contribution in [1.29, 1.82) is 0 Å². The number of carboxylic acid groups (broad SMARTS) is 1. The lowest BCUT2D eigenvalue weighted by Crippen LogP contribution is -2.02. The van der Waals surface area contributed by atoms with Crippen LogP contribution < -0.4 is 5.32 Å². The molecule has 0 bridgehead atoms. The number of carbonyl (C=O) groups is 1. The van der Waals surface area contributed by atoms with Crippen LogP contribution in [0.2, 0.25) is 0 Å². The van der Waals surface area contributed by atoms with Crippen LogP contribution in [0.1, 0.15) is 21.5 Å². The second kappa shape index (κ2) is 5.52. The Hall–Kier alpha value is -2.36. The molecule has 2 aromatic rings. The van der Waals surface area contributed by atoms with Crippen molar-refractivity contribution in [3.05, 3.63) is 65.0 Å². The van der Waals surface area contributed by atoms with E-state index in [1.165, 1.54) is 18.2 Å². The fourth-order valence-electron chi connectivity index (χ4n) is 1.73. The topological polar surface area (TPSA) is 49.3 Å². The van der Waals surface area contributed by atoms with Crippen LogP contribution in [-0.4, -0.2) is 11.1 Å². The molecule has 98 valence electrons. The zero-order valence-electron chi connectivity index (χ0n) is 10.5. The molecule has 4 heteroatoms. The maximum absolute atomic E-state index is 13.6. The number of rotatable bonds is 4. The first-order valence-electron chi connectivity index (χ1n) is 5.88. The van der Waals surface area contributed by atoms with Crippen molar-refractivity contribution in [2.45, 2.75) is 13.5 Å². The predicted molar refractivity (Wildman–Crippen MR) is 71.9 cm³/mol. The highest BCUT2D eigenvalue weighted by atomic mass is 19.1. The molecule has 0 saturated carbocycles. The number of hydrogen-bond acceptors (Lipinski definition) is 2. The molecule has 0 fully saturated rings. The van der Waals surface area contributed by atoms with Crippen LogP contribution in [0.25, 0.3) is 0 Å². The predicted octanol–water partition coefficient (Wildman–Crippen LogP) is 3.44. The molecule has 19 heavy (non-hydrogen) atoms. The normalized spacial score (nSPS) is 10.2. The smallest absolute Gasteiger partial charge is 0.335 e. The summed E-state index contributed by atoms with van der Waals surface area (Å²) >= 11 is 0. The molecule has 2 aromatic carbocycles. The molecule has 0 spiro atoms. The molecular formula is C15H14FNO2. The summed E-state index contributed by atoms with van der Waals surface area (Å²) in [4.78, 5) is 10.7. The Morgan fingerprint density at radius 1 is 1.21 bits per heavy atom. The number of carboxylic acids is 1. The van der Waals surface area contributed by atoms with Crippen molar-refractivity contribution in [2.24, 2.45) is 0 Å². The van der Waals surface area contributed by atoms with Crippen LogP contribution in [0, 0.1) is 12.7 Å². The lowest BCUT2D eigenvalue weighted by atomic mass is 10.1. The number of hydrogen-bond donors (Lipinski definition) is 2. The van der Waals surface area contributed by atoms with Gasteiger partial charge in [-0.3, -0.25) is 0 Å². The average Bonchev–Trinajstić information content (AvgIpc) is 2.38. The number of aromatic carboxylic acids is 1. The van der Waals surface area contributed by atoms with Gasteiger partial charge in [0.1, 0.15) is 5.82 Å². The molecule has 0 aliphatic heterocycles. The summed E-state index contributed by atoms with van der Waals surface area (Å²) in [7, 11) is 0. The van der Waals surface area contributed by atoms with Gasteiger partial charge >= 0.3 is 5.97 Å². The monoisotopic (exact) mass is 259 g/mol. The highest BCUT2D eigenvalue weighted by Gasteiger charge is 2.03. The molecule has 0 aliphatic carbocycles. The fraction of sp³-hybridized carbons (Fsp3) is 0.133. The molecule has 2 rings (SSSR count). The van der Waals surface area contributed by atoms with Crippen molar-refractivity contribution in [2.75, 3.05) is 5.32 Å². The Morgan fingerprint density at radius 2 is 1.89 bits per heavy atom. The quantitative estimate of drug-likeness (QED) is 0.884. The summed E-state index contributed by atoms with van der Waals surface area (Å²) in [5.74, 6) is -1.24. The summed E-state index contributed by atoms with van der Waals surface area (Å²) in [6.07, 6.45) is 0. The van der Waals surface area contributed by atoms with Gasteiger partial charge < -0.3 is 10.4 Å². The van der Waals surface area contributed by atoms with Crippen LogP contribution in [0.5, 0.6) is 0 Å². The van der Waals surface area contributed by atoms with E-state index in [9.17, 15) is 9.18 Å². The van der Waals surface area contributed by atoms with E-state index < -0.39 is 5.97 Å². The molecule has 2 N–H and O–H groups in total. The summed E-state index contributed by atoms with van der Waals surface area (Å²) in [6, 6.07) is 11.5. The van der Waals surface area contributed by atoms with Gasteiger partial charge in [-0.25, -0.2) is 9.18 Å². The van der Waals surface area contributed by atoms with Crippen LogP contribution in [0.4, 0.5) is 10.1 Å². The van der Waals surface area contributed by atoms with E-state index in [1.54, 1.807) is 18.2 Å². The van der Waals surface area contributed by atoms with E-state index in [-0.39, 0.29) is 11.4 Å². The molecule has 0 heterocycles. The Kier molecular flexibility index (Phi) is 3.80. The molecular weight excluding hydrogens is 245 g/mol. The van der Waals surface area contributed by atoms with Gasteiger partial charge in [0.2, 0.25) is 0 Å². The number of aryl methyl sites for hydroxylation is 1. The van der Waals surface area contributed by atoms with E-state index >= 15 is 0 Å². The van der Waals surface area contributed by atoms with Gasteiger partial charge in [-0.15, -0.1) is 0 Å². The summed E-state index contributed by atoms with van der Waals surface area (Å²) in [5, 5.41) is 11.8. The summed E-state index contributed by atoms with van der Waals surface area (Å²) in [5.41, 5.74) is 2.44. The molecule has 3 nitrogen and oxygen atoms in total. The second-order valence-corrected chi connectivity index (χ2v) is 4.34. The Labute approximate surface area is 110 Å². The van der Waals surface area contributed by atoms with Crippen LogP contribution in [0.15, 0.2) is 42.5 Å². The van der Waals surface area contributed by atoms with Crippen LogP contribution in [0.3, 0.4) is 0 Å². The van der Waals surface area contributed by atoms with Crippen molar-refractivity contribution >= 4 is 11.7 Å². The third-order valence-electron chi connectivity index (χ3n) is 2.81. The average molecular weight is 259 g/mol. The van der Waals surface area contributed by atoms with Crippen LogP contribution in [-0.2, 0) is 6.54 Å². The van der Waals surface area contributed by atoms with E-state index in [4.69, 9.17) is 5.11 Å². The van der Waals surface area contributed by atoms with Crippen molar-refractivity contribution < 1.29 is 14.3 Å². The fourth-order valence-corrected chi connectivity index (χ4v) is 1.73. The maximum atomic E-state index is 13.6. The largest absolute Gasteiger partial charge is 0.478 e. The van der Waals surface area contributed by atoms with Crippen molar-refractivity contribution in [3.63, 3.8) is 0 Å². The van der Waals surface area contributed by atoms with E-state index in [1.807, 2.05) is 13.0 Å². The first kappa shape index (κ1) is 13.1. The number of benzene rings is 2. The highest BCUT2D eigenvalue weighted by molar-refractivity contribution is 5.87. The molecule has 0 amide bonds. The van der Waals surface area contributed by atoms with E-state index in [0.29, 0.717) is 12.2 Å². The summed E-state index contributed by atoms with van der Waals surface area (Å²) in [6.45, 7) is 2.28. The van der Waals surface area contributed by atoms with Gasteiger partial charge in [-0.05, 0) is 42.3 Å². The molecule has 0 saturated heterocycles. The van der Waals surface area contributed by atoms with Gasteiger partial charge in [-0.1, -0.05) is 18.2 Å². The highest BCUT2D eigenvalue weighted by Crippen LogP contribution is 2.16. The van der Waals surface area contributed by atoms with Gasteiger partial charge in [0.25, 0.3) is 0 Å². The molecule has 0 aromatic heterocycles. The molecule has 0 aliphatic rings. The Balaban J connectivity index is 2.04. The van der Waals surface area contributed by atoms with E-state index in [2.05, 4.69) is 5.32 Å². The molecule has 0 atom stereocenters. The minimum atomic E-state index is -0.955.